The summed E-state index contributed by atoms with van der Waals surface area (Å²) in [6, 6.07) is 3.57. The van der Waals surface area contributed by atoms with E-state index in [9.17, 15) is 0 Å². The molecule has 0 aromatic carbocycles. The number of hydrogen-bond donors (Lipinski definition) is 1. The van der Waals surface area contributed by atoms with E-state index in [4.69, 9.17) is 46.4 Å². The third-order valence-electron chi connectivity index (χ3n) is 2.65. The number of rotatable bonds is 3. The summed E-state index contributed by atoms with van der Waals surface area (Å²) in [7, 11) is 0. The first-order valence-corrected chi connectivity index (χ1v) is 7.75. The van der Waals surface area contributed by atoms with Gasteiger partial charge in [0.25, 0.3) is 0 Å². The molecule has 0 aliphatic heterocycles. The molecule has 2 nitrogen and oxygen atoms in total. The molecule has 0 radical (unpaired) electrons. The van der Waals surface area contributed by atoms with Gasteiger partial charge in [-0.25, -0.2) is 4.98 Å². The second kappa shape index (κ2) is 6.06. The summed E-state index contributed by atoms with van der Waals surface area (Å²) in [6.07, 6.45) is 0. The molecule has 0 spiro atoms. The van der Waals surface area contributed by atoms with E-state index in [-0.39, 0.29) is 6.04 Å². The molecule has 1 unspecified atom stereocenters. The molecule has 0 aliphatic carbocycles. The fraction of sp³-hybridized carbons (Fsp3) is 0.250. The van der Waals surface area contributed by atoms with Crippen molar-refractivity contribution >= 4 is 63.4 Å². The van der Waals surface area contributed by atoms with Gasteiger partial charge in [0, 0.05) is 5.56 Å². The lowest BCUT2D eigenvalue weighted by Gasteiger charge is -2.17. The molecule has 19 heavy (non-hydrogen) atoms. The summed E-state index contributed by atoms with van der Waals surface area (Å²) in [5, 5.41) is 4.00. The molecule has 0 amide bonds. The van der Waals surface area contributed by atoms with Gasteiger partial charge in [-0.15, -0.1) is 11.3 Å². The number of aryl methyl sites for hydroxylation is 1. The fourth-order valence-electron chi connectivity index (χ4n) is 1.71. The Kier molecular flexibility index (Phi) is 4.85. The second-order valence-electron chi connectivity index (χ2n) is 4.07. The Morgan fingerprint density at radius 1 is 1.21 bits per heavy atom. The first-order chi connectivity index (χ1) is 8.88. The van der Waals surface area contributed by atoms with Gasteiger partial charge in [-0.3, -0.25) is 0 Å². The molecular formula is C12H10Cl4N2S. The average Bonchev–Trinajstić information content (AvgIpc) is 2.62. The molecule has 2 heterocycles. The summed E-state index contributed by atoms with van der Waals surface area (Å²) in [4.78, 5) is 4.02. The lowest BCUT2D eigenvalue weighted by molar-refractivity contribution is 0.886. The van der Waals surface area contributed by atoms with Gasteiger partial charge in [-0.05, 0) is 31.5 Å². The smallest absolute Gasteiger partial charge is 0.154 e. The second-order valence-corrected chi connectivity index (χ2v) is 7.10. The van der Waals surface area contributed by atoms with Crippen molar-refractivity contribution in [2.75, 3.05) is 5.32 Å². The minimum atomic E-state index is -0.0320. The third-order valence-corrected chi connectivity index (χ3v) is 4.64. The monoisotopic (exact) mass is 354 g/mol. The molecule has 1 N–H and O–H groups in total. The van der Waals surface area contributed by atoms with Crippen LogP contribution >= 0.6 is 57.7 Å². The fourth-order valence-corrected chi connectivity index (χ4v) is 3.94. The molecule has 0 saturated heterocycles. The molecule has 102 valence electrons. The minimum Gasteiger partial charge on any atom is -0.376 e. The van der Waals surface area contributed by atoms with Crippen LogP contribution in [-0.4, -0.2) is 4.98 Å². The van der Waals surface area contributed by atoms with Gasteiger partial charge in [0.2, 0.25) is 0 Å². The van der Waals surface area contributed by atoms with Gasteiger partial charge in [-0.1, -0.05) is 46.4 Å². The van der Waals surface area contributed by atoms with Crippen LogP contribution in [0.15, 0.2) is 12.1 Å². The number of anilines is 1. The van der Waals surface area contributed by atoms with E-state index in [0.717, 1.165) is 16.8 Å². The van der Waals surface area contributed by atoms with Crippen LogP contribution in [0.5, 0.6) is 0 Å². The summed E-state index contributed by atoms with van der Waals surface area (Å²) in [6.45, 7) is 3.89. The maximum atomic E-state index is 6.14. The van der Waals surface area contributed by atoms with Crippen molar-refractivity contribution < 1.29 is 0 Å². The van der Waals surface area contributed by atoms with Crippen LogP contribution in [0, 0.1) is 6.92 Å². The topological polar surface area (TPSA) is 24.9 Å². The Labute approximate surface area is 135 Å². The van der Waals surface area contributed by atoms with Crippen molar-refractivity contribution in [3.63, 3.8) is 0 Å². The Bertz CT molecular complexity index is 589. The van der Waals surface area contributed by atoms with Crippen LogP contribution < -0.4 is 5.32 Å². The number of aromatic nitrogens is 1. The first kappa shape index (κ1) is 15.2. The zero-order valence-electron chi connectivity index (χ0n) is 10.1. The number of nitrogens with zero attached hydrogens (tertiary/aromatic N) is 1. The molecule has 2 rings (SSSR count). The van der Waals surface area contributed by atoms with Crippen LogP contribution in [0.3, 0.4) is 0 Å². The average molecular weight is 356 g/mol. The van der Waals surface area contributed by atoms with Gasteiger partial charge in [-0.2, -0.15) is 0 Å². The van der Waals surface area contributed by atoms with Crippen LogP contribution in [0.25, 0.3) is 0 Å². The van der Waals surface area contributed by atoms with Gasteiger partial charge >= 0.3 is 0 Å². The molecule has 0 aliphatic rings. The van der Waals surface area contributed by atoms with Crippen LogP contribution in [-0.2, 0) is 0 Å². The highest BCUT2D eigenvalue weighted by Gasteiger charge is 2.16. The van der Waals surface area contributed by atoms with Gasteiger partial charge < -0.3 is 5.32 Å². The molecule has 0 fully saturated rings. The van der Waals surface area contributed by atoms with E-state index in [2.05, 4.69) is 10.3 Å². The molecule has 1 atom stereocenters. The zero-order chi connectivity index (χ0) is 14.2. The van der Waals surface area contributed by atoms with E-state index in [1.165, 1.54) is 11.3 Å². The van der Waals surface area contributed by atoms with E-state index in [0.29, 0.717) is 19.0 Å². The van der Waals surface area contributed by atoms with Crippen molar-refractivity contribution in [1.29, 1.82) is 0 Å². The molecule has 7 heteroatoms. The molecule has 0 bridgehead atoms. The number of hydrogen-bond acceptors (Lipinski definition) is 3. The molecule has 2 aromatic rings. The maximum Gasteiger partial charge on any atom is 0.154 e. The Morgan fingerprint density at radius 3 is 2.42 bits per heavy atom. The van der Waals surface area contributed by atoms with E-state index in [1.54, 1.807) is 6.07 Å². The molecule has 2 aromatic heterocycles. The van der Waals surface area contributed by atoms with Crippen LogP contribution in [0.4, 0.5) is 5.69 Å². The molecular weight excluding hydrogens is 346 g/mol. The quantitative estimate of drug-likeness (QED) is 0.659. The summed E-state index contributed by atoms with van der Waals surface area (Å²) >= 11 is 25.4. The highest BCUT2D eigenvalue weighted by Crippen LogP contribution is 2.37. The Hall–Kier alpha value is -0.190. The summed E-state index contributed by atoms with van der Waals surface area (Å²) < 4.78 is 1.33. The zero-order valence-corrected chi connectivity index (χ0v) is 13.9. The lowest BCUT2D eigenvalue weighted by Crippen LogP contribution is -2.08. The standard InChI is InChI=1S/C12H10Cl4N2S/c1-5-3-8(13)18-11(15)10(5)17-6(2)7-4-9(14)19-12(7)16/h3-4,6,17H,1-2H3. The Balaban J connectivity index is 2.29. The number of pyridine rings is 1. The summed E-state index contributed by atoms with van der Waals surface area (Å²) in [5.41, 5.74) is 2.60. The van der Waals surface area contributed by atoms with Crippen molar-refractivity contribution in [2.24, 2.45) is 0 Å². The number of nitrogens with one attached hydrogen (secondary N) is 1. The predicted molar refractivity (Wildman–Crippen MR) is 85.4 cm³/mol. The largest absolute Gasteiger partial charge is 0.376 e. The van der Waals surface area contributed by atoms with Gasteiger partial charge in [0.05, 0.1) is 20.4 Å². The van der Waals surface area contributed by atoms with Crippen molar-refractivity contribution in [1.82, 2.24) is 4.98 Å². The SMILES string of the molecule is Cc1cc(Cl)nc(Cl)c1NC(C)c1cc(Cl)sc1Cl. The predicted octanol–water partition coefficient (Wildman–Crippen LogP) is 6.24. The van der Waals surface area contributed by atoms with Gasteiger partial charge in [0.1, 0.15) is 5.15 Å². The van der Waals surface area contributed by atoms with Crippen molar-refractivity contribution in [3.8, 4) is 0 Å². The van der Waals surface area contributed by atoms with E-state index >= 15 is 0 Å². The summed E-state index contributed by atoms with van der Waals surface area (Å²) in [5.74, 6) is 0. The van der Waals surface area contributed by atoms with E-state index in [1.807, 2.05) is 19.9 Å². The van der Waals surface area contributed by atoms with Crippen molar-refractivity contribution in [3.05, 3.63) is 42.2 Å². The minimum absolute atomic E-state index is 0.0320. The van der Waals surface area contributed by atoms with Crippen LogP contribution in [0.1, 0.15) is 24.1 Å². The van der Waals surface area contributed by atoms with E-state index < -0.39 is 0 Å². The number of halogens is 4. The lowest BCUT2D eigenvalue weighted by atomic mass is 10.1. The van der Waals surface area contributed by atoms with Gasteiger partial charge in [0.15, 0.2) is 5.15 Å². The van der Waals surface area contributed by atoms with Crippen LogP contribution in [0.2, 0.25) is 19.0 Å². The maximum absolute atomic E-state index is 6.14. The highest BCUT2D eigenvalue weighted by molar-refractivity contribution is 7.20. The first-order valence-electron chi connectivity index (χ1n) is 5.42. The van der Waals surface area contributed by atoms with Crippen molar-refractivity contribution in [2.45, 2.75) is 19.9 Å². The highest BCUT2D eigenvalue weighted by atomic mass is 35.5. The Morgan fingerprint density at radius 2 is 1.89 bits per heavy atom. The molecule has 0 saturated carbocycles. The number of thiophene rings is 1. The third kappa shape index (κ3) is 3.47. The normalized spacial score (nSPS) is 12.5.